The number of pyridine rings is 1. The highest BCUT2D eigenvalue weighted by Crippen LogP contribution is 2.19. The zero-order chi connectivity index (χ0) is 16.8. The monoisotopic (exact) mass is 345 g/mol. The van der Waals surface area contributed by atoms with Crippen molar-refractivity contribution >= 4 is 17.4 Å². The SMILES string of the molecule is C[C@H](c1ccccn1)N1CCN(C(=O)NCCc2cscn2)CC1. The smallest absolute Gasteiger partial charge is 0.317 e. The summed E-state index contributed by atoms with van der Waals surface area (Å²) < 4.78 is 0. The second-order valence-electron chi connectivity index (χ2n) is 5.92. The number of hydrogen-bond acceptors (Lipinski definition) is 5. The summed E-state index contributed by atoms with van der Waals surface area (Å²) in [5, 5.41) is 5.00. The summed E-state index contributed by atoms with van der Waals surface area (Å²) in [5.41, 5.74) is 3.94. The molecular formula is C17H23N5OS. The molecule has 2 aromatic heterocycles. The van der Waals surface area contributed by atoms with E-state index in [0.29, 0.717) is 6.54 Å². The lowest BCUT2D eigenvalue weighted by atomic mass is 10.1. The summed E-state index contributed by atoms with van der Waals surface area (Å²) in [6.45, 7) is 6.05. The van der Waals surface area contributed by atoms with Gasteiger partial charge in [0.25, 0.3) is 0 Å². The van der Waals surface area contributed by atoms with Crippen LogP contribution in [0.1, 0.15) is 24.4 Å². The average Bonchev–Trinajstić information content (AvgIpc) is 3.15. The van der Waals surface area contributed by atoms with Crippen LogP contribution in [0.25, 0.3) is 0 Å². The zero-order valence-electron chi connectivity index (χ0n) is 13.9. The van der Waals surface area contributed by atoms with Gasteiger partial charge in [0.05, 0.1) is 16.9 Å². The summed E-state index contributed by atoms with van der Waals surface area (Å²) in [6.07, 6.45) is 2.61. The first-order valence-electron chi connectivity index (χ1n) is 8.29. The van der Waals surface area contributed by atoms with Gasteiger partial charge in [0.1, 0.15) is 0 Å². The molecule has 2 aromatic rings. The molecule has 1 saturated heterocycles. The fourth-order valence-electron chi connectivity index (χ4n) is 2.89. The molecule has 0 bridgehead atoms. The Bertz CT molecular complexity index is 626. The molecule has 3 rings (SSSR count). The molecular weight excluding hydrogens is 322 g/mol. The van der Waals surface area contributed by atoms with Gasteiger partial charge in [-0.15, -0.1) is 11.3 Å². The second-order valence-corrected chi connectivity index (χ2v) is 6.63. The molecule has 0 saturated carbocycles. The maximum absolute atomic E-state index is 12.2. The van der Waals surface area contributed by atoms with Crippen LogP contribution in [0.5, 0.6) is 0 Å². The predicted octanol–water partition coefficient (Wildman–Crippen LogP) is 2.17. The minimum atomic E-state index is 0.0235. The van der Waals surface area contributed by atoms with Gasteiger partial charge in [-0.05, 0) is 19.1 Å². The van der Waals surface area contributed by atoms with Crippen molar-refractivity contribution in [2.24, 2.45) is 0 Å². The van der Waals surface area contributed by atoms with Crippen molar-refractivity contribution in [1.82, 2.24) is 25.1 Å². The minimum Gasteiger partial charge on any atom is -0.338 e. The van der Waals surface area contributed by atoms with E-state index >= 15 is 0 Å². The van der Waals surface area contributed by atoms with Crippen molar-refractivity contribution < 1.29 is 4.79 Å². The molecule has 0 unspecified atom stereocenters. The lowest BCUT2D eigenvalue weighted by molar-refractivity contribution is 0.112. The summed E-state index contributed by atoms with van der Waals surface area (Å²) in [7, 11) is 0. The first-order valence-corrected chi connectivity index (χ1v) is 9.23. The van der Waals surface area contributed by atoms with Crippen LogP contribution in [0.3, 0.4) is 0 Å². The Hall–Kier alpha value is -1.99. The molecule has 1 aliphatic heterocycles. The number of hydrogen-bond donors (Lipinski definition) is 1. The van der Waals surface area contributed by atoms with Crippen LogP contribution in [0.2, 0.25) is 0 Å². The van der Waals surface area contributed by atoms with Gasteiger partial charge in [-0.25, -0.2) is 9.78 Å². The molecule has 0 aromatic carbocycles. The van der Waals surface area contributed by atoms with Gasteiger partial charge in [0.15, 0.2) is 0 Å². The van der Waals surface area contributed by atoms with E-state index in [4.69, 9.17) is 0 Å². The Balaban J connectivity index is 1.42. The van der Waals surface area contributed by atoms with E-state index in [-0.39, 0.29) is 12.1 Å². The molecule has 1 N–H and O–H groups in total. The third-order valence-corrected chi connectivity index (χ3v) is 5.04. The van der Waals surface area contributed by atoms with Crippen LogP contribution in [0.4, 0.5) is 4.79 Å². The number of carbonyl (C=O) groups is 1. The van der Waals surface area contributed by atoms with Gasteiger partial charge in [0.2, 0.25) is 0 Å². The predicted molar refractivity (Wildman–Crippen MR) is 95.0 cm³/mol. The van der Waals surface area contributed by atoms with Gasteiger partial charge in [-0.3, -0.25) is 9.88 Å². The number of nitrogens with one attached hydrogen (secondary N) is 1. The Morgan fingerprint density at radius 2 is 2.12 bits per heavy atom. The maximum Gasteiger partial charge on any atom is 0.317 e. The van der Waals surface area contributed by atoms with Crippen molar-refractivity contribution in [3.05, 3.63) is 46.7 Å². The number of thiazole rings is 1. The summed E-state index contributed by atoms with van der Waals surface area (Å²) >= 11 is 1.58. The van der Waals surface area contributed by atoms with Gasteiger partial charge in [-0.1, -0.05) is 6.07 Å². The average molecular weight is 345 g/mol. The normalized spacial score (nSPS) is 16.8. The van der Waals surface area contributed by atoms with Crippen molar-refractivity contribution in [3.8, 4) is 0 Å². The van der Waals surface area contributed by atoms with E-state index in [1.807, 2.05) is 34.1 Å². The molecule has 1 aliphatic rings. The molecule has 6 nitrogen and oxygen atoms in total. The van der Waals surface area contributed by atoms with Crippen molar-refractivity contribution in [2.45, 2.75) is 19.4 Å². The van der Waals surface area contributed by atoms with Crippen LogP contribution in [0.15, 0.2) is 35.3 Å². The highest BCUT2D eigenvalue weighted by atomic mass is 32.1. The molecule has 24 heavy (non-hydrogen) atoms. The number of amides is 2. The largest absolute Gasteiger partial charge is 0.338 e. The molecule has 7 heteroatoms. The molecule has 128 valence electrons. The molecule has 0 aliphatic carbocycles. The number of nitrogens with zero attached hydrogens (tertiary/aromatic N) is 4. The van der Waals surface area contributed by atoms with Crippen LogP contribution in [0, 0.1) is 0 Å². The van der Waals surface area contributed by atoms with E-state index in [2.05, 4.69) is 33.2 Å². The fourth-order valence-corrected chi connectivity index (χ4v) is 3.49. The van der Waals surface area contributed by atoms with Gasteiger partial charge >= 0.3 is 6.03 Å². The van der Waals surface area contributed by atoms with E-state index < -0.39 is 0 Å². The topological polar surface area (TPSA) is 61.4 Å². The summed E-state index contributed by atoms with van der Waals surface area (Å²) in [4.78, 5) is 25.2. The number of urea groups is 1. The number of piperazine rings is 1. The van der Waals surface area contributed by atoms with Gasteiger partial charge in [0, 0.05) is 56.8 Å². The van der Waals surface area contributed by atoms with Crippen molar-refractivity contribution in [3.63, 3.8) is 0 Å². The summed E-state index contributed by atoms with van der Waals surface area (Å²) in [5.74, 6) is 0. The Kier molecular flexibility index (Phi) is 5.77. The standard InChI is InChI=1S/C17H23N5OS/c1-14(16-4-2-3-6-18-16)21-8-10-22(11-9-21)17(23)19-7-5-15-12-24-13-20-15/h2-4,6,12-14H,5,7-11H2,1H3,(H,19,23)/t14-/m1/s1. The van der Waals surface area contributed by atoms with Crippen molar-refractivity contribution in [1.29, 1.82) is 0 Å². The minimum absolute atomic E-state index is 0.0235. The Labute approximate surface area is 146 Å². The highest BCUT2D eigenvalue weighted by molar-refractivity contribution is 7.07. The third-order valence-electron chi connectivity index (χ3n) is 4.41. The first kappa shape index (κ1) is 16.9. The van der Waals surface area contributed by atoms with Crippen LogP contribution in [-0.2, 0) is 6.42 Å². The Morgan fingerprint density at radius 3 is 2.79 bits per heavy atom. The summed E-state index contributed by atoms with van der Waals surface area (Å²) in [6, 6.07) is 6.31. The number of aromatic nitrogens is 2. The highest BCUT2D eigenvalue weighted by Gasteiger charge is 2.24. The molecule has 3 heterocycles. The fraction of sp³-hybridized carbons (Fsp3) is 0.471. The second kappa shape index (κ2) is 8.21. The van der Waals surface area contributed by atoms with Crippen LogP contribution >= 0.6 is 11.3 Å². The molecule has 2 amide bonds. The number of rotatable bonds is 5. The first-order chi connectivity index (χ1) is 11.7. The van der Waals surface area contributed by atoms with E-state index in [0.717, 1.165) is 44.0 Å². The Morgan fingerprint density at radius 1 is 1.29 bits per heavy atom. The number of carbonyl (C=O) groups excluding carboxylic acids is 1. The van der Waals surface area contributed by atoms with Crippen LogP contribution in [-0.4, -0.2) is 58.5 Å². The van der Waals surface area contributed by atoms with E-state index in [1.54, 1.807) is 11.3 Å². The molecule has 1 fully saturated rings. The van der Waals surface area contributed by atoms with Crippen LogP contribution < -0.4 is 5.32 Å². The molecule has 0 radical (unpaired) electrons. The molecule has 1 atom stereocenters. The van der Waals surface area contributed by atoms with Gasteiger partial charge < -0.3 is 10.2 Å². The third kappa shape index (κ3) is 4.30. The lowest BCUT2D eigenvalue weighted by Gasteiger charge is -2.37. The van der Waals surface area contributed by atoms with Gasteiger partial charge in [-0.2, -0.15) is 0 Å². The van der Waals surface area contributed by atoms with E-state index in [9.17, 15) is 4.79 Å². The quantitative estimate of drug-likeness (QED) is 0.902. The van der Waals surface area contributed by atoms with E-state index in [1.165, 1.54) is 0 Å². The zero-order valence-corrected chi connectivity index (χ0v) is 14.7. The maximum atomic E-state index is 12.2. The molecule has 0 spiro atoms. The lowest BCUT2D eigenvalue weighted by Crippen LogP contribution is -2.52. The van der Waals surface area contributed by atoms with Crippen molar-refractivity contribution in [2.75, 3.05) is 32.7 Å².